The molecule has 0 aromatic carbocycles. The lowest BCUT2D eigenvalue weighted by molar-refractivity contribution is -0.149. The Morgan fingerprint density at radius 2 is 2.27 bits per heavy atom. The minimum Gasteiger partial charge on any atom is -0.467 e. The monoisotopic (exact) mass is 306 g/mol. The van der Waals surface area contributed by atoms with Crippen LogP contribution in [0.2, 0.25) is 0 Å². The van der Waals surface area contributed by atoms with Crippen LogP contribution in [-0.2, 0) is 20.9 Å². The average Bonchev–Trinajstić information content (AvgIpc) is 3.04. The van der Waals surface area contributed by atoms with Crippen LogP contribution in [0.4, 0.5) is 0 Å². The Morgan fingerprint density at radius 3 is 3.00 bits per heavy atom. The van der Waals surface area contributed by atoms with Gasteiger partial charge in [-0.1, -0.05) is 0 Å². The number of ether oxygens (including phenoxy) is 1. The highest BCUT2D eigenvalue weighted by Gasteiger charge is 2.42. The van der Waals surface area contributed by atoms with Gasteiger partial charge >= 0.3 is 0 Å². The summed E-state index contributed by atoms with van der Waals surface area (Å²) in [7, 11) is 0. The number of amides is 2. The van der Waals surface area contributed by atoms with Crippen molar-refractivity contribution in [2.24, 2.45) is 11.8 Å². The molecule has 0 spiro atoms. The molecule has 6 heteroatoms. The van der Waals surface area contributed by atoms with Crippen molar-refractivity contribution in [2.75, 3.05) is 19.7 Å². The third-order valence-corrected chi connectivity index (χ3v) is 4.67. The molecule has 2 aliphatic heterocycles. The van der Waals surface area contributed by atoms with Crippen molar-refractivity contribution < 1.29 is 18.7 Å². The number of rotatable bonds is 3. The summed E-state index contributed by atoms with van der Waals surface area (Å²) in [5.74, 6) is 0.823. The van der Waals surface area contributed by atoms with E-state index in [0.717, 1.165) is 18.7 Å². The van der Waals surface area contributed by atoms with E-state index in [-0.39, 0.29) is 29.8 Å². The summed E-state index contributed by atoms with van der Waals surface area (Å²) >= 11 is 0. The Bertz CT molecular complexity index is 528. The number of nitrogens with zero attached hydrogens (tertiary/aromatic N) is 1. The van der Waals surface area contributed by atoms with Crippen LogP contribution in [0.3, 0.4) is 0 Å². The maximum absolute atomic E-state index is 12.5. The summed E-state index contributed by atoms with van der Waals surface area (Å²) in [5.41, 5.74) is 0. The van der Waals surface area contributed by atoms with E-state index >= 15 is 0 Å². The molecule has 0 radical (unpaired) electrons. The Labute approximate surface area is 129 Å². The largest absolute Gasteiger partial charge is 0.467 e. The second-order valence-corrected chi connectivity index (χ2v) is 6.02. The maximum Gasteiger partial charge on any atom is 0.224 e. The second-order valence-electron chi connectivity index (χ2n) is 6.02. The third kappa shape index (κ3) is 3.16. The van der Waals surface area contributed by atoms with Crippen LogP contribution in [0.5, 0.6) is 0 Å². The van der Waals surface area contributed by atoms with Crippen molar-refractivity contribution in [1.29, 1.82) is 0 Å². The summed E-state index contributed by atoms with van der Waals surface area (Å²) < 4.78 is 11.0. The highest BCUT2D eigenvalue weighted by Crippen LogP contribution is 2.33. The summed E-state index contributed by atoms with van der Waals surface area (Å²) in [5, 5.41) is 2.94. The molecular weight excluding hydrogens is 284 g/mol. The van der Waals surface area contributed by atoms with E-state index in [4.69, 9.17) is 9.15 Å². The molecule has 6 nitrogen and oxygen atoms in total. The SMILES string of the molecule is CC(=O)N1CC[C@@H]2OCC[C@H](C(=O)NCc3ccco3)[C@H]2C1. The van der Waals surface area contributed by atoms with Gasteiger partial charge in [0.05, 0.1) is 18.9 Å². The normalized spacial score (nSPS) is 28.0. The van der Waals surface area contributed by atoms with Crippen LogP contribution >= 0.6 is 0 Å². The van der Waals surface area contributed by atoms with E-state index in [1.165, 1.54) is 0 Å². The summed E-state index contributed by atoms with van der Waals surface area (Å²) in [4.78, 5) is 25.9. The highest BCUT2D eigenvalue weighted by atomic mass is 16.5. The number of carbonyl (C=O) groups excluding carboxylic acids is 2. The van der Waals surface area contributed by atoms with Crippen LogP contribution in [0.15, 0.2) is 22.8 Å². The Morgan fingerprint density at radius 1 is 1.41 bits per heavy atom. The number of likely N-dealkylation sites (tertiary alicyclic amines) is 1. The minimum absolute atomic E-state index is 0.0279. The first-order valence-electron chi connectivity index (χ1n) is 7.82. The van der Waals surface area contributed by atoms with Crippen molar-refractivity contribution in [3.63, 3.8) is 0 Å². The molecule has 1 N–H and O–H groups in total. The van der Waals surface area contributed by atoms with E-state index in [0.29, 0.717) is 26.1 Å². The lowest BCUT2D eigenvalue weighted by Crippen LogP contribution is -2.54. The number of piperidine rings is 1. The minimum atomic E-state index is -0.101. The predicted octanol–water partition coefficient (Wildman–Crippen LogP) is 1.17. The van der Waals surface area contributed by atoms with Crippen LogP contribution in [0.1, 0.15) is 25.5 Å². The topological polar surface area (TPSA) is 71.8 Å². The summed E-state index contributed by atoms with van der Waals surface area (Å²) in [6, 6.07) is 3.64. The molecular formula is C16H22N2O4. The number of hydrogen-bond donors (Lipinski definition) is 1. The number of furan rings is 1. The Balaban J connectivity index is 1.63. The molecule has 0 unspecified atom stereocenters. The van der Waals surface area contributed by atoms with Crippen molar-refractivity contribution in [3.8, 4) is 0 Å². The molecule has 2 fully saturated rings. The molecule has 0 bridgehead atoms. The van der Waals surface area contributed by atoms with Gasteiger partial charge in [-0.25, -0.2) is 0 Å². The van der Waals surface area contributed by atoms with Crippen LogP contribution in [0, 0.1) is 11.8 Å². The van der Waals surface area contributed by atoms with E-state index in [9.17, 15) is 9.59 Å². The smallest absolute Gasteiger partial charge is 0.224 e. The van der Waals surface area contributed by atoms with Gasteiger partial charge in [0.15, 0.2) is 0 Å². The zero-order chi connectivity index (χ0) is 15.5. The summed E-state index contributed by atoms with van der Waals surface area (Å²) in [6.07, 6.45) is 3.20. The van der Waals surface area contributed by atoms with Gasteiger partial charge in [-0.3, -0.25) is 9.59 Å². The number of fused-ring (bicyclic) bond motifs is 1. The first-order valence-corrected chi connectivity index (χ1v) is 7.82. The first kappa shape index (κ1) is 15.1. The van der Waals surface area contributed by atoms with Gasteiger partial charge in [-0.15, -0.1) is 0 Å². The highest BCUT2D eigenvalue weighted by molar-refractivity contribution is 5.79. The predicted molar refractivity (Wildman–Crippen MR) is 78.8 cm³/mol. The van der Waals surface area contributed by atoms with E-state index in [1.54, 1.807) is 19.3 Å². The van der Waals surface area contributed by atoms with Gasteiger partial charge in [-0.2, -0.15) is 0 Å². The standard InChI is InChI=1S/C16H22N2O4/c1-11(19)18-6-4-15-14(10-18)13(5-8-22-15)16(20)17-9-12-3-2-7-21-12/h2-3,7,13-15H,4-6,8-10H2,1H3,(H,17,20)/t13-,14+,15-/m0/s1. The molecule has 2 aliphatic rings. The molecule has 1 aromatic rings. The number of nitrogens with one attached hydrogen (secondary N) is 1. The summed E-state index contributed by atoms with van der Waals surface area (Å²) in [6.45, 7) is 3.92. The Hall–Kier alpha value is -1.82. The fourth-order valence-corrected chi connectivity index (χ4v) is 3.44. The van der Waals surface area contributed by atoms with Crippen molar-refractivity contribution in [1.82, 2.24) is 10.2 Å². The van der Waals surface area contributed by atoms with Gasteiger partial charge in [-0.05, 0) is 25.0 Å². The number of carbonyl (C=O) groups is 2. The van der Waals surface area contributed by atoms with E-state index < -0.39 is 0 Å². The van der Waals surface area contributed by atoms with Crippen molar-refractivity contribution >= 4 is 11.8 Å². The molecule has 0 aliphatic carbocycles. The van der Waals surface area contributed by atoms with Gasteiger partial charge in [0.25, 0.3) is 0 Å². The van der Waals surface area contributed by atoms with Gasteiger partial charge in [0, 0.05) is 38.5 Å². The lowest BCUT2D eigenvalue weighted by Gasteiger charge is -2.44. The lowest BCUT2D eigenvalue weighted by atomic mass is 9.79. The molecule has 2 saturated heterocycles. The van der Waals surface area contributed by atoms with Gasteiger partial charge < -0.3 is 19.4 Å². The van der Waals surface area contributed by atoms with Gasteiger partial charge in [0.2, 0.25) is 11.8 Å². The zero-order valence-electron chi connectivity index (χ0n) is 12.8. The molecule has 3 heterocycles. The second kappa shape index (κ2) is 6.52. The fourth-order valence-electron chi connectivity index (χ4n) is 3.44. The van der Waals surface area contributed by atoms with Crippen LogP contribution < -0.4 is 5.32 Å². The van der Waals surface area contributed by atoms with Crippen molar-refractivity contribution in [3.05, 3.63) is 24.2 Å². The average molecular weight is 306 g/mol. The zero-order valence-corrected chi connectivity index (χ0v) is 12.8. The quantitative estimate of drug-likeness (QED) is 0.910. The molecule has 3 atom stereocenters. The molecule has 0 saturated carbocycles. The Kier molecular flexibility index (Phi) is 4.47. The molecule has 22 heavy (non-hydrogen) atoms. The maximum atomic E-state index is 12.5. The third-order valence-electron chi connectivity index (χ3n) is 4.67. The molecule has 2 amide bonds. The fraction of sp³-hybridized carbons (Fsp3) is 0.625. The molecule has 120 valence electrons. The first-order chi connectivity index (χ1) is 10.6. The number of hydrogen-bond acceptors (Lipinski definition) is 4. The van der Waals surface area contributed by atoms with Gasteiger partial charge in [0.1, 0.15) is 5.76 Å². The molecule has 1 aromatic heterocycles. The molecule has 3 rings (SSSR count). The van der Waals surface area contributed by atoms with Crippen molar-refractivity contribution in [2.45, 2.75) is 32.4 Å². The van der Waals surface area contributed by atoms with E-state index in [1.807, 2.05) is 11.0 Å². The van der Waals surface area contributed by atoms with Crippen LogP contribution in [-0.4, -0.2) is 42.5 Å². The van der Waals surface area contributed by atoms with Crippen LogP contribution in [0.25, 0.3) is 0 Å². The van der Waals surface area contributed by atoms with E-state index in [2.05, 4.69) is 5.32 Å².